The Balaban J connectivity index is 2.37. The number of benzene rings is 1. The number of esters is 1. The summed E-state index contributed by atoms with van der Waals surface area (Å²) in [5.41, 5.74) is -0.258. The third-order valence-corrected chi connectivity index (χ3v) is 3.98. The standard InChI is InChI=1S/C18H13F2N3O3S/c1-3-6-26-17(25)12(9-21)7-14-10-27-18(22-14)23(11(2)24)16-5-4-13(19)8-15(16)20/h3-5,7-8,10H,1,6H2,2H3/b12-7+. The number of aromatic nitrogens is 1. The summed E-state index contributed by atoms with van der Waals surface area (Å²) in [6.07, 6.45) is 2.54. The largest absolute Gasteiger partial charge is 0.457 e. The van der Waals surface area contributed by atoms with Gasteiger partial charge >= 0.3 is 5.97 Å². The van der Waals surface area contributed by atoms with Crippen LogP contribution in [0.15, 0.2) is 41.8 Å². The normalized spacial score (nSPS) is 10.8. The fourth-order valence-corrected chi connectivity index (χ4v) is 2.85. The molecule has 2 aromatic rings. The quantitative estimate of drug-likeness (QED) is 0.325. The van der Waals surface area contributed by atoms with Crippen LogP contribution in [0.4, 0.5) is 19.6 Å². The smallest absolute Gasteiger partial charge is 0.349 e. The van der Waals surface area contributed by atoms with Crippen LogP contribution in [0, 0.1) is 23.0 Å². The summed E-state index contributed by atoms with van der Waals surface area (Å²) >= 11 is 0.987. The van der Waals surface area contributed by atoms with Crippen LogP contribution in [0.3, 0.4) is 0 Å². The summed E-state index contributed by atoms with van der Waals surface area (Å²) in [4.78, 5) is 28.8. The van der Waals surface area contributed by atoms with Gasteiger partial charge in [0.25, 0.3) is 0 Å². The van der Waals surface area contributed by atoms with Crippen molar-refractivity contribution in [3.8, 4) is 6.07 Å². The number of carbonyl (C=O) groups excluding carboxylic acids is 2. The molecule has 0 radical (unpaired) electrons. The Morgan fingerprint density at radius 2 is 2.19 bits per heavy atom. The zero-order chi connectivity index (χ0) is 20.0. The molecule has 9 heteroatoms. The summed E-state index contributed by atoms with van der Waals surface area (Å²) in [6, 6.07) is 4.50. The molecule has 0 fully saturated rings. The van der Waals surface area contributed by atoms with Gasteiger partial charge in [-0.15, -0.1) is 11.3 Å². The first-order chi connectivity index (χ1) is 12.9. The molecule has 0 saturated heterocycles. The zero-order valence-electron chi connectivity index (χ0n) is 14.1. The SMILES string of the molecule is C=CCOC(=O)/C(C#N)=C/c1csc(N(C(C)=O)c2ccc(F)cc2F)n1. The van der Waals surface area contributed by atoms with E-state index in [1.54, 1.807) is 6.07 Å². The van der Waals surface area contributed by atoms with E-state index in [1.165, 1.54) is 24.5 Å². The molecule has 2 rings (SSSR count). The lowest BCUT2D eigenvalue weighted by molar-refractivity contribution is -0.137. The molecule has 0 aliphatic carbocycles. The molecule has 138 valence electrons. The molecule has 0 bridgehead atoms. The van der Waals surface area contributed by atoms with Gasteiger partial charge in [0.15, 0.2) is 5.13 Å². The van der Waals surface area contributed by atoms with E-state index in [9.17, 15) is 18.4 Å². The van der Waals surface area contributed by atoms with E-state index in [2.05, 4.69) is 11.6 Å². The van der Waals surface area contributed by atoms with E-state index in [0.717, 1.165) is 28.4 Å². The molecule has 0 aliphatic rings. The predicted molar refractivity (Wildman–Crippen MR) is 96.0 cm³/mol. The summed E-state index contributed by atoms with van der Waals surface area (Å²) in [5.74, 6) is -3.10. The topological polar surface area (TPSA) is 83.3 Å². The minimum absolute atomic E-state index is 0.0534. The Morgan fingerprint density at radius 1 is 1.44 bits per heavy atom. The van der Waals surface area contributed by atoms with Crippen molar-refractivity contribution in [3.63, 3.8) is 0 Å². The Hall–Kier alpha value is -3.38. The van der Waals surface area contributed by atoms with E-state index in [-0.39, 0.29) is 28.7 Å². The lowest BCUT2D eigenvalue weighted by Crippen LogP contribution is -2.23. The van der Waals surface area contributed by atoms with Gasteiger partial charge in [0, 0.05) is 18.4 Å². The number of amides is 1. The second-order valence-electron chi connectivity index (χ2n) is 5.06. The first kappa shape index (κ1) is 19.9. The molecule has 6 nitrogen and oxygen atoms in total. The van der Waals surface area contributed by atoms with Gasteiger partial charge in [-0.1, -0.05) is 12.7 Å². The van der Waals surface area contributed by atoms with Crippen molar-refractivity contribution < 1.29 is 23.1 Å². The molecule has 1 heterocycles. The second kappa shape index (κ2) is 8.82. The summed E-state index contributed by atoms with van der Waals surface area (Å²) < 4.78 is 32.0. The molecular formula is C18H13F2N3O3S. The lowest BCUT2D eigenvalue weighted by atomic mass is 10.2. The summed E-state index contributed by atoms with van der Waals surface area (Å²) in [6.45, 7) is 4.55. The van der Waals surface area contributed by atoms with Crippen LogP contribution in [0.1, 0.15) is 12.6 Å². The monoisotopic (exact) mass is 389 g/mol. The third-order valence-electron chi connectivity index (χ3n) is 3.13. The van der Waals surface area contributed by atoms with E-state index >= 15 is 0 Å². The number of hydrogen-bond acceptors (Lipinski definition) is 6. The Morgan fingerprint density at radius 3 is 2.78 bits per heavy atom. The second-order valence-corrected chi connectivity index (χ2v) is 5.90. The van der Waals surface area contributed by atoms with Gasteiger partial charge in [-0.25, -0.2) is 18.6 Å². The number of anilines is 2. The van der Waals surface area contributed by atoms with E-state index in [1.807, 2.05) is 0 Å². The Labute approximate surface area is 157 Å². The number of ether oxygens (including phenoxy) is 1. The van der Waals surface area contributed by atoms with Gasteiger partial charge in [-0.3, -0.25) is 9.69 Å². The van der Waals surface area contributed by atoms with Crippen LogP contribution in [0.5, 0.6) is 0 Å². The van der Waals surface area contributed by atoms with Crippen molar-refractivity contribution >= 4 is 40.1 Å². The average Bonchev–Trinajstić information content (AvgIpc) is 3.07. The number of carbonyl (C=O) groups is 2. The van der Waals surface area contributed by atoms with Gasteiger partial charge in [0.1, 0.15) is 29.9 Å². The maximum atomic E-state index is 14.1. The van der Waals surface area contributed by atoms with Crippen molar-refractivity contribution in [2.45, 2.75) is 6.92 Å². The molecule has 0 spiro atoms. The first-order valence-corrected chi connectivity index (χ1v) is 8.36. The maximum absolute atomic E-state index is 14.1. The van der Waals surface area contributed by atoms with Crippen LogP contribution < -0.4 is 4.90 Å². The van der Waals surface area contributed by atoms with E-state index < -0.39 is 23.5 Å². The van der Waals surface area contributed by atoms with Crippen molar-refractivity contribution in [1.29, 1.82) is 5.26 Å². The van der Waals surface area contributed by atoms with Crippen LogP contribution >= 0.6 is 11.3 Å². The van der Waals surface area contributed by atoms with Crippen LogP contribution in [-0.4, -0.2) is 23.5 Å². The molecule has 27 heavy (non-hydrogen) atoms. The maximum Gasteiger partial charge on any atom is 0.349 e. The highest BCUT2D eigenvalue weighted by molar-refractivity contribution is 7.14. The summed E-state index contributed by atoms with van der Waals surface area (Å²) in [7, 11) is 0. The number of rotatable bonds is 6. The zero-order valence-corrected chi connectivity index (χ0v) is 14.9. The molecule has 0 atom stereocenters. The molecule has 1 aromatic carbocycles. The average molecular weight is 389 g/mol. The van der Waals surface area contributed by atoms with Gasteiger partial charge in [0.05, 0.1) is 11.4 Å². The number of hydrogen-bond donors (Lipinski definition) is 0. The molecule has 0 unspecified atom stereocenters. The Kier molecular flexibility index (Phi) is 6.51. The van der Waals surface area contributed by atoms with Gasteiger partial charge < -0.3 is 4.74 Å². The lowest BCUT2D eigenvalue weighted by Gasteiger charge is -2.18. The highest BCUT2D eigenvalue weighted by Crippen LogP contribution is 2.31. The highest BCUT2D eigenvalue weighted by atomic mass is 32.1. The van der Waals surface area contributed by atoms with E-state index in [4.69, 9.17) is 10.00 Å². The Bertz CT molecular complexity index is 963. The molecule has 1 aromatic heterocycles. The van der Waals surface area contributed by atoms with Crippen molar-refractivity contribution in [1.82, 2.24) is 4.98 Å². The molecule has 0 N–H and O–H groups in total. The van der Waals surface area contributed by atoms with Crippen molar-refractivity contribution in [2.24, 2.45) is 0 Å². The number of thiazole rings is 1. The minimum Gasteiger partial charge on any atom is -0.457 e. The molecular weight excluding hydrogens is 376 g/mol. The number of nitrogens with zero attached hydrogens (tertiary/aromatic N) is 3. The molecule has 1 amide bonds. The third kappa shape index (κ3) is 4.83. The summed E-state index contributed by atoms with van der Waals surface area (Å²) in [5, 5.41) is 10.7. The highest BCUT2D eigenvalue weighted by Gasteiger charge is 2.22. The number of halogens is 2. The molecule has 0 aliphatic heterocycles. The fraction of sp³-hybridized carbons (Fsp3) is 0.111. The van der Waals surface area contributed by atoms with Crippen molar-refractivity contribution in [2.75, 3.05) is 11.5 Å². The van der Waals surface area contributed by atoms with Crippen LogP contribution in [0.25, 0.3) is 6.08 Å². The van der Waals surface area contributed by atoms with E-state index in [0.29, 0.717) is 6.07 Å². The molecule has 0 saturated carbocycles. The van der Waals surface area contributed by atoms with Crippen LogP contribution in [0.2, 0.25) is 0 Å². The number of nitriles is 1. The minimum atomic E-state index is -0.928. The van der Waals surface area contributed by atoms with Crippen molar-refractivity contribution in [3.05, 3.63) is 59.1 Å². The van der Waals surface area contributed by atoms with Gasteiger partial charge in [-0.2, -0.15) is 5.26 Å². The fourth-order valence-electron chi connectivity index (χ4n) is 2.01. The predicted octanol–water partition coefficient (Wildman–Crippen LogP) is 3.74. The van der Waals surface area contributed by atoms with Crippen LogP contribution in [-0.2, 0) is 14.3 Å². The first-order valence-electron chi connectivity index (χ1n) is 7.48. The van der Waals surface area contributed by atoms with Gasteiger partial charge in [-0.05, 0) is 18.2 Å². The van der Waals surface area contributed by atoms with Gasteiger partial charge in [0.2, 0.25) is 5.91 Å².